The second kappa shape index (κ2) is 8.71. The molecule has 2 rings (SSSR count). The number of carbonyl (C=O) groups excluding carboxylic acids is 2. The molecule has 0 saturated carbocycles. The van der Waals surface area contributed by atoms with Gasteiger partial charge >= 0.3 is 6.03 Å². The highest BCUT2D eigenvalue weighted by molar-refractivity contribution is 5.83. The van der Waals surface area contributed by atoms with Gasteiger partial charge in [-0.15, -0.1) is 0 Å². The fourth-order valence-corrected chi connectivity index (χ4v) is 3.24. The Morgan fingerprint density at radius 1 is 1.21 bits per heavy atom. The lowest BCUT2D eigenvalue weighted by Gasteiger charge is -2.33. The quantitative estimate of drug-likeness (QED) is 0.902. The van der Waals surface area contributed by atoms with Crippen molar-refractivity contribution in [1.29, 1.82) is 0 Å². The summed E-state index contributed by atoms with van der Waals surface area (Å²) in [5.41, 5.74) is 1.07. The molecule has 1 unspecified atom stereocenters. The van der Waals surface area contributed by atoms with Crippen LogP contribution in [0.4, 0.5) is 4.79 Å². The summed E-state index contributed by atoms with van der Waals surface area (Å²) in [4.78, 5) is 27.9. The highest BCUT2D eigenvalue weighted by atomic mass is 16.2. The number of amides is 3. The van der Waals surface area contributed by atoms with E-state index < -0.39 is 0 Å². The molecule has 3 amide bonds. The molecule has 1 heterocycles. The zero-order valence-electron chi connectivity index (χ0n) is 15.0. The van der Waals surface area contributed by atoms with E-state index in [1.807, 2.05) is 42.2 Å². The minimum atomic E-state index is -0.0818. The summed E-state index contributed by atoms with van der Waals surface area (Å²) in [5, 5.41) is 3.12. The number of hydrogen-bond acceptors (Lipinski definition) is 2. The molecule has 0 aromatic heterocycles. The van der Waals surface area contributed by atoms with Gasteiger partial charge < -0.3 is 15.1 Å². The number of benzene rings is 1. The lowest BCUT2D eigenvalue weighted by Crippen LogP contribution is -2.45. The Hall–Kier alpha value is -2.04. The van der Waals surface area contributed by atoms with Crippen molar-refractivity contribution in [2.24, 2.45) is 5.92 Å². The maximum absolute atomic E-state index is 12.5. The molecular weight excluding hydrogens is 302 g/mol. The van der Waals surface area contributed by atoms with Gasteiger partial charge in [0.15, 0.2) is 0 Å². The molecule has 5 nitrogen and oxygen atoms in total. The van der Waals surface area contributed by atoms with Crippen molar-refractivity contribution in [2.75, 3.05) is 33.7 Å². The number of likely N-dealkylation sites (tertiary alicyclic amines) is 1. The molecule has 1 aliphatic heterocycles. The molecular formula is C19H29N3O2. The summed E-state index contributed by atoms with van der Waals surface area (Å²) in [6, 6.07) is 10.0. The monoisotopic (exact) mass is 331 g/mol. The van der Waals surface area contributed by atoms with Gasteiger partial charge in [0.05, 0.1) is 5.92 Å². The lowest BCUT2D eigenvalue weighted by atomic mass is 9.94. The molecule has 5 heteroatoms. The molecule has 1 aliphatic rings. The van der Waals surface area contributed by atoms with Crippen LogP contribution in [0.5, 0.6) is 0 Å². The number of urea groups is 1. The fourth-order valence-electron chi connectivity index (χ4n) is 3.24. The molecule has 0 aliphatic carbocycles. The second-order valence-corrected chi connectivity index (χ2v) is 6.72. The summed E-state index contributed by atoms with van der Waals surface area (Å²) in [6.45, 7) is 4.29. The van der Waals surface area contributed by atoms with Gasteiger partial charge in [-0.2, -0.15) is 0 Å². The summed E-state index contributed by atoms with van der Waals surface area (Å²) in [7, 11) is 3.56. The average Bonchev–Trinajstić information content (AvgIpc) is 2.61. The summed E-state index contributed by atoms with van der Waals surface area (Å²) < 4.78 is 0. The number of nitrogens with zero attached hydrogens (tertiary/aromatic N) is 2. The maximum atomic E-state index is 12.5. The van der Waals surface area contributed by atoms with Crippen molar-refractivity contribution in [2.45, 2.75) is 32.1 Å². The van der Waals surface area contributed by atoms with Gasteiger partial charge in [0.1, 0.15) is 0 Å². The van der Waals surface area contributed by atoms with Crippen molar-refractivity contribution < 1.29 is 9.59 Å². The summed E-state index contributed by atoms with van der Waals surface area (Å²) in [5.74, 6) is 0.477. The van der Waals surface area contributed by atoms with Crippen LogP contribution in [0.25, 0.3) is 0 Å². The van der Waals surface area contributed by atoms with Crippen LogP contribution in [-0.4, -0.2) is 55.5 Å². The van der Waals surface area contributed by atoms with E-state index in [9.17, 15) is 9.59 Å². The molecule has 1 aromatic carbocycles. The maximum Gasteiger partial charge on any atom is 0.319 e. The van der Waals surface area contributed by atoms with Crippen LogP contribution in [0.2, 0.25) is 0 Å². The van der Waals surface area contributed by atoms with Gasteiger partial charge in [-0.3, -0.25) is 4.79 Å². The zero-order valence-corrected chi connectivity index (χ0v) is 15.0. The molecule has 132 valence electrons. The largest absolute Gasteiger partial charge is 0.355 e. The van der Waals surface area contributed by atoms with Crippen molar-refractivity contribution in [1.82, 2.24) is 15.1 Å². The highest BCUT2D eigenvalue weighted by Crippen LogP contribution is 2.21. The Bertz CT molecular complexity index is 537. The number of carbonyl (C=O) groups is 2. The Labute approximate surface area is 145 Å². The van der Waals surface area contributed by atoms with Gasteiger partial charge in [0.25, 0.3) is 0 Å². The van der Waals surface area contributed by atoms with E-state index in [1.54, 1.807) is 19.0 Å². The van der Waals surface area contributed by atoms with Crippen molar-refractivity contribution in [3.8, 4) is 0 Å². The SMILES string of the molecule is CCC(C(=O)NCC1CCN(C(=O)N(C)C)CC1)c1ccccc1. The third-order valence-electron chi connectivity index (χ3n) is 4.76. The number of rotatable bonds is 5. The van der Waals surface area contributed by atoms with Crippen molar-refractivity contribution in [3.05, 3.63) is 35.9 Å². The Morgan fingerprint density at radius 2 is 1.83 bits per heavy atom. The van der Waals surface area contributed by atoms with Gasteiger partial charge in [-0.25, -0.2) is 4.79 Å². The van der Waals surface area contributed by atoms with Crippen LogP contribution in [0.1, 0.15) is 37.7 Å². The third kappa shape index (κ3) is 4.73. The molecule has 0 bridgehead atoms. The molecule has 0 spiro atoms. The Kier molecular flexibility index (Phi) is 6.64. The van der Waals surface area contributed by atoms with Crippen LogP contribution >= 0.6 is 0 Å². The van der Waals surface area contributed by atoms with E-state index in [0.29, 0.717) is 12.5 Å². The molecule has 1 N–H and O–H groups in total. The van der Waals surface area contributed by atoms with Gasteiger partial charge in [0, 0.05) is 33.7 Å². The number of hydrogen-bond donors (Lipinski definition) is 1. The predicted octanol–water partition coefficient (Wildman–Crippen LogP) is 2.69. The minimum absolute atomic E-state index is 0.0765. The zero-order chi connectivity index (χ0) is 17.5. The average molecular weight is 331 g/mol. The van der Waals surface area contributed by atoms with Crippen LogP contribution < -0.4 is 5.32 Å². The Morgan fingerprint density at radius 3 is 2.38 bits per heavy atom. The summed E-state index contributed by atoms with van der Waals surface area (Å²) >= 11 is 0. The van der Waals surface area contributed by atoms with E-state index in [-0.39, 0.29) is 17.9 Å². The predicted molar refractivity (Wildman–Crippen MR) is 95.9 cm³/mol. The highest BCUT2D eigenvalue weighted by Gasteiger charge is 2.25. The van der Waals surface area contributed by atoms with E-state index >= 15 is 0 Å². The van der Waals surface area contributed by atoms with E-state index in [1.165, 1.54) is 0 Å². The van der Waals surface area contributed by atoms with Crippen LogP contribution in [0.15, 0.2) is 30.3 Å². The molecule has 1 aromatic rings. The second-order valence-electron chi connectivity index (χ2n) is 6.72. The van der Waals surface area contributed by atoms with E-state index in [4.69, 9.17) is 0 Å². The van der Waals surface area contributed by atoms with Crippen molar-refractivity contribution in [3.63, 3.8) is 0 Å². The summed E-state index contributed by atoms with van der Waals surface area (Å²) in [6.07, 6.45) is 2.69. The first-order valence-electron chi connectivity index (χ1n) is 8.81. The first-order valence-corrected chi connectivity index (χ1v) is 8.81. The fraction of sp³-hybridized carbons (Fsp3) is 0.579. The van der Waals surface area contributed by atoms with Crippen LogP contribution in [-0.2, 0) is 4.79 Å². The number of piperidine rings is 1. The van der Waals surface area contributed by atoms with Gasteiger partial charge in [-0.1, -0.05) is 37.3 Å². The third-order valence-corrected chi connectivity index (χ3v) is 4.76. The molecule has 24 heavy (non-hydrogen) atoms. The number of nitrogens with one attached hydrogen (secondary N) is 1. The molecule has 1 fully saturated rings. The topological polar surface area (TPSA) is 52.7 Å². The molecule has 1 atom stereocenters. The van der Waals surface area contributed by atoms with Crippen molar-refractivity contribution >= 4 is 11.9 Å². The van der Waals surface area contributed by atoms with Gasteiger partial charge in [0.2, 0.25) is 5.91 Å². The first-order chi connectivity index (χ1) is 11.5. The van der Waals surface area contributed by atoms with Crippen LogP contribution in [0.3, 0.4) is 0 Å². The van der Waals surface area contributed by atoms with E-state index in [2.05, 4.69) is 5.32 Å². The Balaban J connectivity index is 1.79. The first kappa shape index (κ1) is 18.3. The molecule has 0 radical (unpaired) electrons. The normalized spacial score (nSPS) is 16.5. The standard InChI is InChI=1S/C19H29N3O2/c1-4-17(16-8-6-5-7-9-16)18(23)20-14-15-10-12-22(13-11-15)19(24)21(2)3/h5-9,15,17H,4,10-14H2,1-3H3,(H,20,23). The van der Waals surface area contributed by atoms with Gasteiger partial charge in [-0.05, 0) is 30.7 Å². The lowest BCUT2D eigenvalue weighted by molar-refractivity contribution is -0.122. The minimum Gasteiger partial charge on any atom is -0.355 e. The smallest absolute Gasteiger partial charge is 0.319 e. The molecule has 1 saturated heterocycles. The van der Waals surface area contributed by atoms with E-state index in [0.717, 1.165) is 37.9 Å². The van der Waals surface area contributed by atoms with Crippen LogP contribution in [0, 0.1) is 5.92 Å².